The molecule has 3 aromatic rings. The van der Waals surface area contributed by atoms with Gasteiger partial charge < -0.3 is 5.73 Å². The number of nitrogen functional groups attached to an aromatic ring is 1. The molecule has 2 N–H and O–H groups in total. The molecular formula is C17H15N3. The molecule has 0 amide bonds. The molecule has 2 aromatic carbocycles. The summed E-state index contributed by atoms with van der Waals surface area (Å²) < 4.78 is 0. The van der Waals surface area contributed by atoms with Crippen LogP contribution in [-0.2, 0) is 0 Å². The van der Waals surface area contributed by atoms with Crippen LogP contribution in [0.4, 0.5) is 5.69 Å². The first-order chi connectivity index (χ1) is 9.72. The van der Waals surface area contributed by atoms with Crippen LogP contribution in [0.2, 0.25) is 0 Å². The third-order valence-electron chi connectivity index (χ3n) is 3.14. The highest BCUT2D eigenvalue weighted by molar-refractivity contribution is 5.64. The van der Waals surface area contributed by atoms with E-state index in [9.17, 15) is 0 Å². The highest BCUT2D eigenvalue weighted by Gasteiger charge is 2.04. The predicted molar refractivity (Wildman–Crippen MR) is 82.1 cm³/mol. The van der Waals surface area contributed by atoms with Crippen LogP contribution >= 0.6 is 0 Å². The van der Waals surface area contributed by atoms with E-state index in [2.05, 4.69) is 35.1 Å². The largest absolute Gasteiger partial charge is 0.399 e. The number of aryl methyl sites for hydroxylation is 1. The van der Waals surface area contributed by atoms with E-state index in [0.717, 1.165) is 22.5 Å². The van der Waals surface area contributed by atoms with Crippen molar-refractivity contribution in [1.82, 2.24) is 9.97 Å². The molecule has 20 heavy (non-hydrogen) atoms. The average molecular weight is 261 g/mol. The summed E-state index contributed by atoms with van der Waals surface area (Å²) in [7, 11) is 0. The summed E-state index contributed by atoms with van der Waals surface area (Å²) in [5, 5.41) is 0. The van der Waals surface area contributed by atoms with E-state index in [1.165, 1.54) is 5.56 Å². The Balaban J connectivity index is 2.03. The van der Waals surface area contributed by atoms with Gasteiger partial charge in [-0.1, -0.05) is 23.8 Å². The fourth-order valence-corrected chi connectivity index (χ4v) is 2.10. The van der Waals surface area contributed by atoms with Crippen LogP contribution in [0, 0.1) is 6.92 Å². The Morgan fingerprint density at radius 2 is 1.70 bits per heavy atom. The van der Waals surface area contributed by atoms with Gasteiger partial charge in [0.1, 0.15) is 0 Å². The Labute approximate surface area is 118 Å². The van der Waals surface area contributed by atoms with E-state index in [1.54, 1.807) is 6.20 Å². The molecule has 0 saturated heterocycles. The van der Waals surface area contributed by atoms with Crippen LogP contribution in [0.5, 0.6) is 0 Å². The number of benzene rings is 2. The number of anilines is 1. The predicted octanol–water partition coefficient (Wildman–Crippen LogP) is 3.70. The zero-order valence-electron chi connectivity index (χ0n) is 11.2. The van der Waals surface area contributed by atoms with E-state index < -0.39 is 0 Å². The van der Waals surface area contributed by atoms with E-state index in [0.29, 0.717) is 5.82 Å². The molecule has 0 bridgehead atoms. The number of nitrogens with two attached hydrogens (primary N) is 1. The van der Waals surface area contributed by atoms with Crippen molar-refractivity contribution >= 4 is 5.69 Å². The molecule has 98 valence electrons. The first-order valence-electron chi connectivity index (χ1n) is 6.48. The minimum Gasteiger partial charge on any atom is -0.399 e. The van der Waals surface area contributed by atoms with Crippen LogP contribution in [-0.4, -0.2) is 9.97 Å². The monoisotopic (exact) mass is 261 g/mol. The summed E-state index contributed by atoms with van der Waals surface area (Å²) in [6.45, 7) is 2.07. The van der Waals surface area contributed by atoms with Gasteiger partial charge in [-0.2, -0.15) is 0 Å². The van der Waals surface area contributed by atoms with Gasteiger partial charge >= 0.3 is 0 Å². The van der Waals surface area contributed by atoms with Gasteiger partial charge in [0.15, 0.2) is 5.82 Å². The van der Waals surface area contributed by atoms with Crippen molar-refractivity contribution in [1.29, 1.82) is 0 Å². The van der Waals surface area contributed by atoms with Gasteiger partial charge in [-0.3, -0.25) is 0 Å². The van der Waals surface area contributed by atoms with Crippen LogP contribution in [0.1, 0.15) is 5.56 Å². The first-order valence-corrected chi connectivity index (χ1v) is 6.48. The molecule has 0 saturated carbocycles. The quantitative estimate of drug-likeness (QED) is 0.715. The summed E-state index contributed by atoms with van der Waals surface area (Å²) in [5.74, 6) is 0.712. The molecule has 3 heteroatoms. The lowest BCUT2D eigenvalue weighted by molar-refractivity contribution is 1.18. The molecule has 0 aliphatic heterocycles. The molecule has 0 spiro atoms. The number of nitrogens with zero attached hydrogens (tertiary/aromatic N) is 2. The molecule has 0 atom stereocenters. The Bertz CT molecular complexity index is 733. The molecule has 0 fully saturated rings. The van der Waals surface area contributed by atoms with Crippen molar-refractivity contribution in [3.8, 4) is 22.6 Å². The number of aromatic nitrogens is 2. The van der Waals surface area contributed by atoms with Crippen molar-refractivity contribution in [2.45, 2.75) is 6.92 Å². The van der Waals surface area contributed by atoms with Crippen molar-refractivity contribution in [3.05, 3.63) is 66.4 Å². The van der Waals surface area contributed by atoms with Gasteiger partial charge in [-0.05, 0) is 43.3 Å². The molecule has 1 heterocycles. The summed E-state index contributed by atoms with van der Waals surface area (Å²) >= 11 is 0. The Kier molecular flexibility index (Phi) is 3.17. The third-order valence-corrected chi connectivity index (χ3v) is 3.14. The molecule has 3 nitrogen and oxygen atoms in total. The molecule has 3 rings (SSSR count). The van der Waals surface area contributed by atoms with Gasteiger partial charge in [0, 0.05) is 23.0 Å². The minimum absolute atomic E-state index is 0.712. The molecular weight excluding hydrogens is 246 g/mol. The van der Waals surface area contributed by atoms with Crippen molar-refractivity contribution in [2.75, 3.05) is 5.73 Å². The lowest BCUT2D eigenvalue weighted by Crippen LogP contribution is -1.92. The third kappa shape index (κ3) is 2.52. The SMILES string of the molecule is Cc1cccc(-c2ccnc(-c3ccc(N)cc3)n2)c1. The Morgan fingerprint density at radius 1 is 0.900 bits per heavy atom. The van der Waals surface area contributed by atoms with E-state index in [4.69, 9.17) is 5.73 Å². The molecule has 1 aromatic heterocycles. The fourth-order valence-electron chi connectivity index (χ4n) is 2.10. The Hall–Kier alpha value is -2.68. The van der Waals surface area contributed by atoms with E-state index >= 15 is 0 Å². The second-order valence-corrected chi connectivity index (χ2v) is 4.76. The van der Waals surface area contributed by atoms with Crippen molar-refractivity contribution in [2.24, 2.45) is 0 Å². The topological polar surface area (TPSA) is 51.8 Å². The highest BCUT2D eigenvalue weighted by Crippen LogP contribution is 2.22. The maximum absolute atomic E-state index is 5.70. The normalized spacial score (nSPS) is 10.4. The number of hydrogen-bond donors (Lipinski definition) is 1. The van der Waals surface area contributed by atoms with Crippen LogP contribution in [0.3, 0.4) is 0 Å². The maximum atomic E-state index is 5.70. The lowest BCUT2D eigenvalue weighted by atomic mass is 10.1. The fraction of sp³-hybridized carbons (Fsp3) is 0.0588. The molecule has 0 aliphatic carbocycles. The van der Waals surface area contributed by atoms with Crippen molar-refractivity contribution < 1.29 is 0 Å². The second kappa shape index (κ2) is 5.13. The van der Waals surface area contributed by atoms with E-state index in [1.807, 2.05) is 36.4 Å². The average Bonchev–Trinajstić information content (AvgIpc) is 2.48. The standard InChI is InChI=1S/C17H15N3/c1-12-3-2-4-14(11-12)16-9-10-19-17(20-16)13-5-7-15(18)8-6-13/h2-11H,18H2,1H3. The maximum Gasteiger partial charge on any atom is 0.159 e. The summed E-state index contributed by atoms with van der Waals surface area (Å²) in [4.78, 5) is 8.97. The Morgan fingerprint density at radius 3 is 2.45 bits per heavy atom. The van der Waals surface area contributed by atoms with Crippen molar-refractivity contribution in [3.63, 3.8) is 0 Å². The zero-order valence-corrected chi connectivity index (χ0v) is 11.2. The zero-order chi connectivity index (χ0) is 13.9. The van der Waals surface area contributed by atoms with Gasteiger partial charge in [-0.15, -0.1) is 0 Å². The summed E-state index contributed by atoms with van der Waals surface area (Å²) in [6, 6.07) is 17.8. The first kappa shape index (κ1) is 12.4. The second-order valence-electron chi connectivity index (χ2n) is 4.76. The van der Waals surface area contributed by atoms with Gasteiger partial charge in [-0.25, -0.2) is 9.97 Å². The molecule has 0 radical (unpaired) electrons. The summed E-state index contributed by atoms with van der Waals surface area (Å²) in [5.41, 5.74) is 10.7. The van der Waals surface area contributed by atoms with Crippen LogP contribution in [0.25, 0.3) is 22.6 Å². The van der Waals surface area contributed by atoms with Crippen LogP contribution in [0.15, 0.2) is 60.8 Å². The van der Waals surface area contributed by atoms with E-state index in [-0.39, 0.29) is 0 Å². The summed E-state index contributed by atoms with van der Waals surface area (Å²) in [6.07, 6.45) is 1.79. The lowest BCUT2D eigenvalue weighted by Gasteiger charge is -2.05. The van der Waals surface area contributed by atoms with Gasteiger partial charge in [0.05, 0.1) is 5.69 Å². The van der Waals surface area contributed by atoms with Gasteiger partial charge in [0.2, 0.25) is 0 Å². The molecule has 0 aliphatic rings. The van der Waals surface area contributed by atoms with Gasteiger partial charge in [0.25, 0.3) is 0 Å². The highest BCUT2D eigenvalue weighted by atomic mass is 14.9. The minimum atomic E-state index is 0.712. The smallest absolute Gasteiger partial charge is 0.159 e. The number of rotatable bonds is 2. The van der Waals surface area contributed by atoms with Crippen LogP contribution < -0.4 is 5.73 Å². The molecule has 0 unspecified atom stereocenters. The number of hydrogen-bond acceptors (Lipinski definition) is 3.